The minimum atomic E-state index is -0.191. The van der Waals surface area contributed by atoms with Gasteiger partial charge in [-0.25, -0.2) is 4.79 Å². The molecule has 0 radical (unpaired) electrons. The lowest BCUT2D eigenvalue weighted by Gasteiger charge is -2.43. The Kier molecular flexibility index (Phi) is 6.61. The monoisotopic (exact) mass is 491 g/mol. The van der Waals surface area contributed by atoms with E-state index in [9.17, 15) is 9.59 Å². The van der Waals surface area contributed by atoms with Crippen LogP contribution in [0.5, 0.6) is 0 Å². The fraction of sp³-hybridized carbons (Fsp3) is 0.231. The van der Waals surface area contributed by atoms with Crippen molar-refractivity contribution in [3.63, 3.8) is 0 Å². The predicted molar refractivity (Wildman–Crippen MR) is 132 cm³/mol. The molecule has 3 aromatic rings. The Morgan fingerprint density at radius 1 is 1.00 bits per heavy atom. The van der Waals surface area contributed by atoms with Crippen molar-refractivity contribution in [1.29, 1.82) is 0 Å². The maximum Gasteiger partial charge on any atom is 0.322 e. The highest BCUT2D eigenvalue weighted by atomic mass is 79.9. The molecule has 3 aromatic carbocycles. The first-order valence-corrected chi connectivity index (χ1v) is 11.6. The van der Waals surface area contributed by atoms with Crippen molar-refractivity contribution in [2.75, 3.05) is 16.3 Å². The summed E-state index contributed by atoms with van der Waals surface area (Å²) >= 11 is 3.43. The second-order valence-electron chi connectivity index (χ2n) is 7.88. The van der Waals surface area contributed by atoms with Gasteiger partial charge in [0.2, 0.25) is 0 Å². The van der Waals surface area contributed by atoms with E-state index in [1.54, 1.807) is 0 Å². The number of amides is 3. The van der Waals surface area contributed by atoms with Crippen LogP contribution in [0.2, 0.25) is 0 Å². The van der Waals surface area contributed by atoms with Crippen molar-refractivity contribution in [2.45, 2.75) is 32.4 Å². The molecule has 0 spiro atoms. The molecule has 4 rings (SSSR count). The van der Waals surface area contributed by atoms with Crippen molar-refractivity contribution in [1.82, 2.24) is 5.32 Å². The van der Waals surface area contributed by atoms with Gasteiger partial charge in [0, 0.05) is 34.0 Å². The molecule has 1 aliphatic heterocycles. The topological polar surface area (TPSA) is 52.7 Å². The van der Waals surface area contributed by atoms with Gasteiger partial charge in [0.15, 0.2) is 0 Å². The van der Waals surface area contributed by atoms with Crippen LogP contribution in [0, 0.1) is 0 Å². The minimum absolute atomic E-state index is 0.0415. The summed E-state index contributed by atoms with van der Waals surface area (Å²) in [7, 11) is 0. The van der Waals surface area contributed by atoms with Gasteiger partial charge in [-0.05, 0) is 68.3 Å². The zero-order valence-corrected chi connectivity index (χ0v) is 19.7. The zero-order valence-electron chi connectivity index (χ0n) is 18.2. The van der Waals surface area contributed by atoms with Crippen LogP contribution in [0.3, 0.4) is 0 Å². The van der Waals surface area contributed by atoms with Crippen LogP contribution < -0.4 is 15.1 Å². The van der Waals surface area contributed by atoms with Crippen LogP contribution in [0.4, 0.5) is 16.2 Å². The van der Waals surface area contributed by atoms with Gasteiger partial charge in [0.05, 0.1) is 6.04 Å². The van der Waals surface area contributed by atoms with Crippen molar-refractivity contribution in [3.8, 4) is 0 Å². The summed E-state index contributed by atoms with van der Waals surface area (Å²) in [5.41, 5.74) is 3.27. The van der Waals surface area contributed by atoms with Crippen molar-refractivity contribution in [3.05, 3.63) is 94.5 Å². The normalized spacial score (nSPS) is 17.4. The van der Waals surface area contributed by atoms with Crippen molar-refractivity contribution >= 4 is 39.2 Å². The number of nitrogens with one attached hydrogen (secondary N) is 1. The molecule has 5 nitrogen and oxygen atoms in total. The van der Waals surface area contributed by atoms with Crippen LogP contribution in [-0.4, -0.2) is 24.5 Å². The van der Waals surface area contributed by atoms with Gasteiger partial charge in [0.25, 0.3) is 5.91 Å². The Morgan fingerprint density at radius 3 is 2.34 bits per heavy atom. The molecular formula is C26H26BrN3O2. The van der Waals surface area contributed by atoms with E-state index in [1.165, 1.54) is 0 Å². The molecule has 2 atom stereocenters. The van der Waals surface area contributed by atoms with Crippen molar-refractivity contribution < 1.29 is 9.59 Å². The number of halogens is 1. The molecule has 0 fully saturated rings. The Morgan fingerprint density at radius 2 is 1.66 bits per heavy atom. The van der Waals surface area contributed by atoms with Gasteiger partial charge in [-0.3, -0.25) is 9.69 Å². The molecule has 1 aliphatic rings. The number of carbonyl (C=O) groups is 2. The second-order valence-corrected chi connectivity index (χ2v) is 8.80. The third-order valence-electron chi connectivity index (χ3n) is 5.76. The first kappa shape index (κ1) is 22.1. The highest BCUT2D eigenvalue weighted by Gasteiger charge is 2.38. The van der Waals surface area contributed by atoms with Crippen LogP contribution in [0.25, 0.3) is 0 Å². The minimum Gasteiger partial charge on any atom is -0.338 e. The number of benzene rings is 3. The summed E-state index contributed by atoms with van der Waals surface area (Å²) in [6.45, 7) is 4.50. The Labute approximate surface area is 197 Å². The fourth-order valence-corrected chi connectivity index (χ4v) is 4.60. The number of carbonyl (C=O) groups excluding carboxylic acids is 2. The number of para-hydroxylation sites is 2. The highest BCUT2D eigenvalue weighted by molar-refractivity contribution is 9.10. The van der Waals surface area contributed by atoms with E-state index in [4.69, 9.17) is 0 Å². The van der Waals surface area contributed by atoms with Gasteiger partial charge in [0.1, 0.15) is 0 Å². The fourth-order valence-electron chi connectivity index (χ4n) is 4.33. The lowest BCUT2D eigenvalue weighted by molar-refractivity contribution is 0.0973. The molecule has 0 aliphatic carbocycles. The van der Waals surface area contributed by atoms with Gasteiger partial charge in [-0.2, -0.15) is 0 Å². The summed E-state index contributed by atoms with van der Waals surface area (Å²) in [5, 5.41) is 2.95. The summed E-state index contributed by atoms with van der Waals surface area (Å²) in [4.78, 5) is 30.3. The Hall–Kier alpha value is -3.12. The number of rotatable bonds is 4. The van der Waals surface area contributed by atoms with E-state index >= 15 is 0 Å². The van der Waals surface area contributed by atoms with E-state index in [1.807, 2.05) is 103 Å². The third kappa shape index (κ3) is 4.28. The van der Waals surface area contributed by atoms with E-state index < -0.39 is 0 Å². The van der Waals surface area contributed by atoms with E-state index in [0.29, 0.717) is 18.5 Å². The first-order chi connectivity index (χ1) is 15.5. The predicted octanol–water partition coefficient (Wildman–Crippen LogP) is 6.17. The molecule has 3 amide bonds. The first-order valence-electron chi connectivity index (χ1n) is 10.8. The molecule has 0 saturated heterocycles. The van der Waals surface area contributed by atoms with Crippen LogP contribution >= 0.6 is 15.9 Å². The SMILES string of the molecule is CCNC(=O)N(c1ccccc1)C1CC(C)N(C(=O)c2ccc(Br)cc2)c2ccccc21. The van der Waals surface area contributed by atoms with Crippen molar-refractivity contribution in [2.24, 2.45) is 0 Å². The highest BCUT2D eigenvalue weighted by Crippen LogP contribution is 2.42. The molecular weight excluding hydrogens is 466 g/mol. The van der Waals surface area contributed by atoms with Gasteiger partial charge in [-0.1, -0.05) is 52.3 Å². The molecule has 1 N–H and O–H groups in total. The molecule has 0 aromatic heterocycles. The molecule has 164 valence electrons. The number of anilines is 2. The second kappa shape index (κ2) is 9.57. The molecule has 0 saturated carbocycles. The summed E-state index contributed by atoms with van der Waals surface area (Å²) < 4.78 is 0.932. The molecule has 2 unspecified atom stereocenters. The average molecular weight is 492 g/mol. The van der Waals surface area contributed by atoms with Gasteiger partial charge < -0.3 is 10.2 Å². The maximum absolute atomic E-state index is 13.5. The van der Waals surface area contributed by atoms with Gasteiger partial charge >= 0.3 is 6.03 Å². The molecule has 0 bridgehead atoms. The van der Waals surface area contributed by atoms with Crippen LogP contribution in [0.15, 0.2) is 83.3 Å². The summed E-state index contributed by atoms with van der Waals surface area (Å²) in [5.74, 6) is -0.0415. The maximum atomic E-state index is 13.5. The number of urea groups is 1. The number of hydrogen-bond acceptors (Lipinski definition) is 2. The van der Waals surface area contributed by atoms with Crippen LogP contribution in [0.1, 0.15) is 42.2 Å². The lowest BCUT2D eigenvalue weighted by Crippen LogP contribution is -2.49. The van der Waals surface area contributed by atoms with E-state index in [2.05, 4.69) is 21.2 Å². The zero-order chi connectivity index (χ0) is 22.7. The quantitative estimate of drug-likeness (QED) is 0.474. The number of fused-ring (bicyclic) bond motifs is 1. The lowest BCUT2D eigenvalue weighted by atomic mass is 9.89. The molecule has 6 heteroatoms. The van der Waals surface area contributed by atoms with E-state index in [-0.39, 0.29) is 24.0 Å². The third-order valence-corrected chi connectivity index (χ3v) is 6.29. The Balaban J connectivity index is 1.77. The van der Waals surface area contributed by atoms with E-state index in [0.717, 1.165) is 21.4 Å². The largest absolute Gasteiger partial charge is 0.338 e. The van der Waals surface area contributed by atoms with Gasteiger partial charge in [-0.15, -0.1) is 0 Å². The Bertz CT molecular complexity index is 1100. The summed E-state index contributed by atoms with van der Waals surface area (Å²) in [6.07, 6.45) is 0.630. The molecule has 1 heterocycles. The average Bonchev–Trinajstić information content (AvgIpc) is 2.80. The number of nitrogens with zero attached hydrogens (tertiary/aromatic N) is 2. The smallest absolute Gasteiger partial charge is 0.322 e. The molecule has 32 heavy (non-hydrogen) atoms. The van der Waals surface area contributed by atoms with Crippen LogP contribution in [-0.2, 0) is 0 Å². The number of hydrogen-bond donors (Lipinski definition) is 1. The summed E-state index contributed by atoms with van der Waals surface area (Å²) in [6, 6.07) is 24.6. The standard InChI is InChI=1S/C26H26BrN3O2/c1-3-28-26(32)30(21-9-5-4-6-10-21)24-17-18(2)29(23-12-8-7-11-22(23)24)25(31)19-13-15-20(27)16-14-19/h4-16,18,24H,3,17H2,1-2H3,(H,28,32).